The lowest BCUT2D eigenvalue weighted by molar-refractivity contribution is -0.664. The van der Waals surface area contributed by atoms with Crippen molar-refractivity contribution in [1.82, 2.24) is 9.13 Å². The second-order valence-corrected chi connectivity index (χ2v) is 13.8. The van der Waals surface area contributed by atoms with E-state index >= 15 is 0 Å². The van der Waals surface area contributed by atoms with Crippen LogP contribution in [0.2, 0.25) is 0 Å². The fourth-order valence-electron chi connectivity index (χ4n) is 7.78. The zero-order valence-corrected chi connectivity index (χ0v) is 28.2. The molecular formula is C40H46N4+2. The first kappa shape index (κ1) is 28.6. The Hall–Kier alpha value is -4.18. The van der Waals surface area contributed by atoms with Gasteiger partial charge in [0.05, 0.1) is 0 Å². The second kappa shape index (κ2) is 10.2. The van der Waals surface area contributed by atoms with Gasteiger partial charge in [0, 0.05) is 0 Å². The van der Waals surface area contributed by atoms with E-state index < -0.39 is 0 Å². The summed E-state index contributed by atoms with van der Waals surface area (Å²) in [4.78, 5) is 0. The van der Waals surface area contributed by atoms with E-state index in [1.807, 2.05) is 0 Å². The Morgan fingerprint density at radius 3 is 1.16 bits per heavy atom. The van der Waals surface area contributed by atoms with Gasteiger partial charge >= 0.3 is 0 Å². The largest absolute Gasteiger partial charge is 0.245 e. The summed E-state index contributed by atoms with van der Waals surface area (Å²) in [6.45, 7) is 26.2. The average Bonchev–Trinajstić information content (AvgIpc) is 3.45. The first-order valence-corrected chi connectivity index (χ1v) is 16.1. The summed E-state index contributed by atoms with van der Waals surface area (Å²) in [6, 6.07) is 14.4. The summed E-state index contributed by atoms with van der Waals surface area (Å²) in [5.41, 5.74) is 24.6. The third-order valence-corrected chi connectivity index (χ3v) is 10.9. The number of nitrogens with zero attached hydrogens (tertiary/aromatic N) is 4. The number of aromatic nitrogens is 4. The van der Waals surface area contributed by atoms with E-state index in [9.17, 15) is 0 Å². The smallest absolute Gasteiger partial charge is 0.226 e. The Labute approximate surface area is 262 Å². The molecule has 44 heavy (non-hydrogen) atoms. The molecule has 0 aliphatic carbocycles. The minimum atomic E-state index is 0.860. The normalized spacial score (nSPS) is 13.3. The molecule has 0 fully saturated rings. The summed E-state index contributed by atoms with van der Waals surface area (Å²) in [5, 5.41) is 0. The van der Waals surface area contributed by atoms with Crippen molar-refractivity contribution in [3.05, 3.63) is 127 Å². The van der Waals surface area contributed by atoms with Crippen molar-refractivity contribution in [2.45, 2.75) is 95.4 Å². The quantitative estimate of drug-likeness (QED) is 0.163. The second-order valence-electron chi connectivity index (χ2n) is 13.8. The van der Waals surface area contributed by atoms with Gasteiger partial charge in [0.25, 0.3) is 0 Å². The molecule has 224 valence electrons. The van der Waals surface area contributed by atoms with E-state index in [0.717, 1.165) is 26.2 Å². The fourth-order valence-corrected chi connectivity index (χ4v) is 7.78. The Morgan fingerprint density at radius 2 is 0.750 bits per heavy atom. The first-order valence-electron chi connectivity index (χ1n) is 16.1. The topological polar surface area (TPSA) is 17.6 Å². The number of fused-ring (bicyclic) bond motifs is 14. The molecule has 0 saturated carbocycles. The van der Waals surface area contributed by atoms with Gasteiger partial charge in [-0.1, -0.05) is 12.1 Å². The molecule has 0 N–H and O–H groups in total. The van der Waals surface area contributed by atoms with Crippen molar-refractivity contribution in [2.75, 3.05) is 0 Å². The minimum Gasteiger partial charge on any atom is -0.226 e. The van der Waals surface area contributed by atoms with Crippen LogP contribution in [0.15, 0.2) is 49.1 Å². The minimum absolute atomic E-state index is 0.860. The molecule has 0 atom stereocenters. The summed E-state index contributed by atoms with van der Waals surface area (Å²) in [6.07, 6.45) is 4.75. The number of imidazole rings is 2. The zero-order valence-electron chi connectivity index (χ0n) is 28.2. The van der Waals surface area contributed by atoms with Gasteiger partial charge in [-0.25, -0.2) is 18.3 Å². The zero-order chi connectivity index (χ0) is 31.2. The van der Waals surface area contributed by atoms with Gasteiger partial charge in [0.2, 0.25) is 12.7 Å². The lowest BCUT2D eigenvalue weighted by Gasteiger charge is -2.16. The highest BCUT2D eigenvalue weighted by Gasteiger charge is 2.26. The van der Waals surface area contributed by atoms with E-state index in [2.05, 4.69) is 137 Å². The molecule has 4 heteroatoms. The Morgan fingerprint density at radius 1 is 0.409 bits per heavy atom. The van der Waals surface area contributed by atoms with Crippen molar-refractivity contribution in [3.8, 4) is 0 Å². The molecule has 0 saturated heterocycles. The molecule has 4 aromatic carbocycles. The van der Waals surface area contributed by atoms with Crippen LogP contribution in [-0.4, -0.2) is 9.13 Å². The Bertz CT molecular complexity index is 1870. The van der Waals surface area contributed by atoms with Crippen molar-refractivity contribution in [1.29, 1.82) is 0 Å². The third-order valence-electron chi connectivity index (χ3n) is 10.9. The highest BCUT2D eigenvalue weighted by molar-refractivity contribution is 5.75. The number of hydrogen-bond acceptors (Lipinski definition) is 0. The summed E-state index contributed by atoms with van der Waals surface area (Å²) in [5.74, 6) is 0. The molecule has 0 radical (unpaired) electrons. The maximum Gasteiger partial charge on any atom is 0.245 e. The van der Waals surface area contributed by atoms with Gasteiger partial charge in [-0.05, 0) is 171 Å². The lowest BCUT2D eigenvalue weighted by atomic mass is 9.93. The molecule has 8 bridgehead atoms. The predicted octanol–water partition coefficient (Wildman–Crippen LogP) is 7.76. The van der Waals surface area contributed by atoms with Gasteiger partial charge in [0.1, 0.15) is 26.2 Å². The van der Waals surface area contributed by atoms with Crippen molar-refractivity contribution < 1.29 is 9.13 Å². The van der Waals surface area contributed by atoms with Crippen LogP contribution in [0, 0.1) is 69.2 Å². The first-order chi connectivity index (χ1) is 20.9. The maximum atomic E-state index is 2.49. The summed E-state index contributed by atoms with van der Waals surface area (Å²) < 4.78 is 9.97. The highest BCUT2D eigenvalue weighted by Crippen LogP contribution is 2.29. The molecule has 6 aromatic rings. The number of rotatable bonds is 0. The van der Waals surface area contributed by atoms with Gasteiger partial charge in [-0.3, -0.25) is 0 Å². The van der Waals surface area contributed by atoms with Crippen molar-refractivity contribution in [3.63, 3.8) is 0 Å². The predicted molar refractivity (Wildman–Crippen MR) is 181 cm³/mol. The molecule has 1 aliphatic rings. The molecule has 2 aromatic heterocycles. The van der Waals surface area contributed by atoms with Crippen LogP contribution in [0.1, 0.15) is 77.9 Å². The van der Waals surface area contributed by atoms with Gasteiger partial charge in [0.15, 0.2) is 22.1 Å². The van der Waals surface area contributed by atoms with E-state index in [0.29, 0.717) is 0 Å². The summed E-state index contributed by atoms with van der Waals surface area (Å²) in [7, 11) is 0. The fraction of sp³-hybridized carbons (Fsp3) is 0.350. The van der Waals surface area contributed by atoms with E-state index in [1.165, 1.54) is 100.0 Å². The molecule has 4 nitrogen and oxygen atoms in total. The standard InChI is InChI=1S/C40H46N4/c1-23-13-37-38(14-24(23)2)42-18-34-28(6)12-30(8)36(32(34)10)20-44-22-43(39-15-25(3)26(4)16-40(39)44)19-35-29(7)11-27(5)33(31(35)9)17-41(37)21-42/h11-16,21-22H,17-20H2,1-10H3/q+2. The Balaban J connectivity index is 1.55. The Kier molecular flexibility index (Phi) is 6.62. The van der Waals surface area contributed by atoms with Crippen LogP contribution in [-0.2, 0) is 26.2 Å². The van der Waals surface area contributed by atoms with Crippen LogP contribution in [0.3, 0.4) is 0 Å². The van der Waals surface area contributed by atoms with Crippen LogP contribution in [0.25, 0.3) is 22.1 Å². The monoisotopic (exact) mass is 582 g/mol. The molecule has 0 unspecified atom stereocenters. The third kappa shape index (κ3) is 4.41. The maximum absolute atomic E-state index is 2.49. The average molecular weight is 583 g/mol. The molecule has 0 amide bonds. The molecule has 0 spiro atoms. The van der Waals surface area contributed by atoms with E-state index in [-0.39, 0.29) is 0 Å². The SMILES string of the molecule is Cc1cc2c(cc1C)[n+]1cn2Cc2c(C)cc(C)c(c2C)Cn2c[n+](c3cc(C)c(C)cc32)Cc2c(C)cc(C)c(c2C)C1. The van der Waals surface area contributed by atoms with Gasteiger partial charge in [-0.2, -0.15) is 0 Å². The number of benzene rings is 4. The van der Waals surface area contributed by atoms with E-state index in [1.54, 1.807) is 0 Å². The van der Waals surface area contributed by atoms with E-state index in [4.69, 9.17) is 0 Å². The van der Waals surface area contributed by atoms with Crippen LogP contribution >= 0.6 is 0 Å². The molecule has 7 rings (SSSR count). The molecular weight excluding hydrogens is 536 g/mol. The van der Waals surface area contributed by atoms with Crippen molar-refractivity contribution in [2.24, 2.45) is 0 Å². The number of hydrogen-bond donors (Lipinski definition) is 0. The van der Waals surface area contributed by atoms with Gasteiger partial charge in [-0.15, -0.1) is 0 Å². The van der Waals surface area contributed by atoms with Crippen LogP contribution in [0.4, 0.5) is 0 Å². The van der Waals surface area contributed by atoms with Crippen LogP contribution in [0.5, 0.6) is 0 Å². The lowest BCUT2D eigenvalue weighted by Crippen LogP contribution is -2.36. The molecule has 3 heterocycles. The van der Waals surface area contributed by atoms with Crippen molar-refractivity contribution >= 4 is 22.1 Å². The van der Waals surface area contributed by atoms with Crippen LogP contribution < -0.4 is 9.13 Å². The highest BCUT2D eigenvalue weighted by atomic mass is 15.1. The number of aryl methyl sites for hydroxylation is 8. The van der Waals surface area contributed by atoms with Gasteiger partial charge < -0.3 is 0 Å². The summed E-state index contributed by atoms with van der Waals surface area (Å²) >= 11 is 0. The molecule has 1 aliphatic heterocycles.